The number of aliphatic hydroxyl groups excluding tert-OH is 1. The van der Waals surface area contributed by atoms with Crippen LogP contribution in [0.25, 0.3) is 0 Å². The van der Waals surface area contributed by atoms with Gasteiger partial charge in [0.25, 0.3) is 0 Å². The molecule has 2 amide bonds. The SMILES string of the molecule is CC(O)CCNC(=O)NC1CCCC(C2CC2)C1. The highest BCUT2D eigenvalue weighted by Crippen LogP contribution is 2.43. The van der Waals surface area contributed by atoms with Crippen molar-refractivity contribution in [2.45, 2.75) is 64.0 Å². The Bertz CT molecular complexity index is 277. The van der Waals surface area contributed by atoms with Crippen molar-refractivity contribution in [3.8, 4) is 0 Å². The van der Waals surface area contributed by atoms with Gasteiger partial charge in [-0.05, 0) is 50.9 Å². The van der Waals surface area contributed by atoms with Gasteiger partial charge >= 0.3 is 6.03 Å². The van der Waals surface area contributed by atoms with Crippen LogP contribution >= 0.6 is 0 Å². The van der Waals surface area contributed by atoms with E-state index in [-0.39, 0.29) is 12.1 Å². The van der Waals surface area contributed by atoms with E-state index in [4.69, 9.17) is 5.11 Å². The zero-order chi connectivity index (χ0) is 13.0. The molecule has 4 heteroatoms. The van der Waals surface area contributed by atoms with Gasteiger partial charge in [0.15, 0.2) is 0 Å². The summed E-state index contributed by atoms with van der Waals surface area (Å²) >= 11 is 0. The lowest BCUT2D eigenvalue weighted by molar-refractivity contribution is 0.182. The summed E-state index contributed by atoms with van der Waals surface area (Å²) in [6.45, 7) is 2.28. The summed E-state index contributed by atoms with van der Waals surface area (Å²) in [4.78, 5) is 11.7. The Kier molecular flexibility index (Phi) is 4.87. The smallest absolute Gasteiger partial charge is 0.315 e. The third-order valence-electron chi connectivity index (χ3n) is 4.19. The van der Waals surface area contributed by atoms with Crippen molar-refractivity contribution in [1.29, 1.82) is 0 Å². The van der Waals surface area contributed by atoms with E-state index in [1.807, 2.05) is 0 Å². The van der Waals surface area contributed by atoms with E-state index in [2.05, 4.69) is 10.6 Å². The number of carbonyl (C=O) groups excluding carboxylic acids is 1. The summed E-state index contributed by atoms with van der Waals surface area (Å²) in [5.74, 6) is 1.80. The Hall–Kier alpha value is -0.770. The summed E-state index contributed by atoms with van der Waals surface area (Å²) < 4.78 is 0. The number of nitrogens with one attached hydrogen (secondary N) is 2. The van der Waals surface area contributed by atoms with Crippen molar-refractivity contribution >= 4 is 6.03 Å². The van der Waals surface area contributed by atoms with E-state index in [1.54, 1.807) is 6.92 Å². The molecule has 4 nitrogen and oxygen atoms in total. The van der Waals surface area contributed by atoms with Crippen LogP contribution < -0.4 is 10.6 Å². The van der Waals surface area contributed by atoms with E-state index in [9.17, 15) is 4.79 Å². The lowest BCUT2D eigenvalue weighted by atomic mass is 9.83. The average Bonchev–Trinajstić information content (AvgIpc) is 3.12. The molecule has 0 aromatic heterocycles. The molecule has 0 heterocycles. The van der Waals surface area contributed by atoms with Crippen LogP contribution in [0.4, 0.5) is 4.79 Å². The van der Waals surface area contributed by atoms with Crippen molar-refractivity contribution < 1.29 is 9.90 Å². The Morgan fingerprint density at radius 2 is 2.06 bits per heavy atom. The van der Waals surface area contributed by atoms with E-state index in [0.29, 0.717) is 19.0 Å². The van der Waals surface area contributed by atoms with Crippen LogP contribution in [-0.2, 0) is 0 Å². The van der Waals surface area contributed by atoms with Gasteiger partial charge in [0.05, 0.1) is 6.10 Å². The van der Waals surface area contributed by atoms with Crippen LogP contribution in [0.2, 0.25) is 0 Å². The highest BCUT2D eigenvalue weighted by Gasteiger charge is 2.34. The number of rotatable bonds is 5. The van der Waals surface area contributed by atoms with Crippen LogP contribution in [0.5, 0.6) is 0 Å². The average molecular weight is 254 g/mol. The fourth-order valence-corrected chi connectivity index (χ4v) is 2.99. The zero-order valence-electron chi connectivity index (χ0n) is 11.3. The number of hydrogen-bond acceptors (Lipinski definition) is 2. The molecule has 0 radical (unpaired) electrons. The van der Waals surface area contributed by atoms with Gasteiger partial charge in [-0.25, -0.2) is 4.79 Å². The van der Waals surface area contributed by atoms with Gasteiger partial charge in [-0.15, -0.1) is 0 Å². The topological polar surface area (TPSA) is 61.4 Å². The van der Waals surface area contributed by atoms with Gasteiger partial charge < -0.3 is 15.7 Å². The maximum absolute atomic E-state index is 11.7. The van der Waals surface area contributed by atoms with Gasteiger partial charge in [-0.1, -0.05) is 12.8 Å². The second-order valence-corrected chi connectivity index (χ2v) is 6.00. The maximum Gasteiger partial charge on any atom is 0.315 e. The molecule has 3 unspecified atom stereocenters. The van der Waals surface area contributed by atoms with Crippen LogP contribution in [0, 0.1) is 11.8 Å². The van der Waals surface area contributed by atoms with Gasteiger partial charge in [0, 0.05) is 12.6 Å². The summed E-state index contributed by atoms with van der Waals surface area (Å²) in [7, 11) is 0. The lowest BCUT2D eigenvalue weighted by Crippen LogP contribution is -2.44. The third kappa shape index (κ3) is 4.48. The molecule has 104 valence electrons. The molecule has 18 heavy (non-hydrogen) atoms. The molecule has 0 spiro atoms. The quantitative estimate of drug-likeness (QED) is 0.703. The summed E-state index contributed by atoms with van der Waals surface area (Å²) in [6, 6.07) is 0.285. The van der Waals surface area contributed by atoms with Gasteiger partial charge in [-0.2, -0.15) is 0 Å². The molecule has 3 N–H and O–H groups in total. The monoisotopic (exact) mass is 254 g/mol. The largest absolute Gasteiger partial charge is 0.393 e. The Morgan fingerprint density at radius 1 is 1.28 bits per heavy atom. The molecular formula is C14H26N2O2. The minimum absolute atomic E-state index is 0.0721. The third-order valence-corrected chi connectivity index (χ3v) is 4.19. The minimum atomic E-state index is -0.348. The second-order valence-electron chi connectivity index (χ2n) is 6.00. The summed E-state index contributed by atoms with van der Waals surface area (Å²) in [5, 5.41) is 15.0. The molecule has 0 saturated heterocycles. The molecular weight excluding hydrogens is 228 g/mol. The first kappa shape index (κ1) is 13.7. The van der Waals surface area contributed by atoms with Crippen LogP contribution in [0.1, 0.15) is 51.9 Å². The van der Waals surface area contributed by atoms with Crippen molar-refractivity contribution in [3.05, 3.63) is 0 Å². The van der Waals surface area contributed by atoms with Gasteiger partial charge in [0.1, 0.15) is 0 Å². The highest BCUT2D eigenvalue weighted by atomic mass is 16.3. The van der Waals surface area contributed by atoms with Crippen molar-refractivity contribution in [2.75, 3.05) is 6.54 Å². The number of carbonyl (C=O) groups is 1. The van der Waals surface area contributed by atoms with E-state index in [1.165, 1.54) is 25.7 Å². The fourth-order valence-electron chi connectivity index (χ4n) is 2.99. The van der Waals surface area contributed by atoms with Crippen LogP contribution in [0.15, 0.2) is 0 Å². The number of urea groups is 1. The van der Waals surface area contributed by atoms with E-state index >= 15 is 0 Å². The standard InChI is InChI=1S/C14H26N2O2/c1-10(17)7-8-15-14(18)16-13-4-2-3-12(9-13)11-5-6-11/h10-13,17H,2-9H2,1H3,(H2,15,16,18). The number of amides is 2. The number of aliphatic hydroxyl groups is 1. The van der Waals surface area contributed by atoms with Gasteiger partial charge in [-0.3, -0.25) is 0 Å². The second kappa shape index (κ2) is 6.41. The van der Waals surface area contributed by atoms with Crippen LogP contribution in [-0.4, -0.2) is 29.8 Å². The molecule has 2 saturated carbocycles. The van der Waals surface area contributed by atoms with Crippen molar-refractivity contribution in [3.63, 3.8) is 0 Å². The molecule has 2 aliphatic rings. The van der Waals surface area contributed by atoms with Crippen molar-refractivity contribution in [2.24, 2.45) is 11.8 Å². The molecule has 0 aliphatic heterocycles. The van der Waals surface area contributed by atoms with Crippen LogP contribution in [0.3, 0.4) is 0 Å². The molecule has 2 aliphatic carbocycles. The predicted molar refractivity (Wildman–Crippen MR) is 71.3 cm³/mol. The first-order chi connectivity index (χ1) is 8.65. The Balaban J connectivity index is 1.63. The molecule has 3 atom stereocenters. The molecule has 2 rings (SSSR count). The first-order valence-electron chi connectivity index (χ1n) is 7.37. The molecule has 2 fully saturated rings. The number of hydrogen-bond donors (Lipinski definition) is 3. The fraction of sp³-hybridized carbons (Fsp3) is 0.929. The summed E-state index contributed by atoms with van der Waals surface area (Å²) in [5.41, 5.74) is 0. The minimum Gasteiger partial charge on any atom is -0.393 e. The van der Waals surface area contributed by atoms with E-state index in [0.717, 1.165) is 24.7 Å². The summed E-state index contributed by atoms with van der Waals surface area (Å²) in [6.07, 6.45) is 7.95. The highest BCUT2D eigenvalue weighted by molar-refractivity contribution is 5.74. The predicted octanol–water partition coefficient (Wildman–Crippen LogP) is 2.03. The Labute approximate surface area is 110 Å². The molecule has 0 bridgehead atoms. The first-order valence-corrected chi connectivity index (χ1v) is 7.37. The van der Waals surface area contributed by atoms with Crippen molar-refractivity contribution in [1.82, 2.24) is 10.6 Å². The molecule has 0 aromatic rings. The zero-order valence-corrected chi connectivity index (χ0v) is 11.3. The van der Waals surface area contributed by atoms with Gasteiger partial charge in [0.2, 0.25) is 0 Å². The lowest BCUT2D eigenvalue weighted by Gasteiger charge is -2.29. The maximum atomic E-state index is 11.7. The van der Waals surface area contributed by atoms with E-state index < -0.39 is 0 Å². The molecule has 0 aromatic carbocycles. The normalized spacial score (nSPS) is 29.7. The Morgan fingerprint density at radius 3 is 2.72 bits per heavy atom.